The van der Waals surface area contributed by atoms with Gasteiger partial charge >= 0.3 is 0 Å². The van der Waals surface area contributed by atoms with Crippen molar-refractivity contribution in [2.75, 3.05) is 0 Å². The molecule has 0 aromatic heterocycles. The van der Waals surface area contributed by atoms with Crippen LogP contribution in [0.1, 0.15) is 20.8 Å². The van der Waals surface area contributed by atoms with Gasteiger partial charge in [0.25, 0.3) is 9.76 Å². The molecule has 2 heteroatoms. The average molecular weight is 328 g/mol. The van der Waals surface area contributed by atoms with Crippen molar-refractivity contribution >= 4 is 47.3 Å². The van der Waals surface area contributed by atoms with Gasteiger partial charge in [-0.3, -0.25) is 0 Å². The van der Waals surface area contributed by atoms with Gasteiger partial charge in [0.2, 0.25) is 0 Å². The number of rotatable bonds is 2. The summed E-state index contributed by atoms with van der Waals surface area (Å²) in [7, 11) is 0.362. The molecule has 4 aromatic carbocycles. The number of fused-ring (bicyclic) bond motifs is 3. The lowest BCUT2D eigenvalue weighted by molar-refractivity contribution is 0.142. The minimum absolute atomic E-state index is 0.117. The topological polar surface area (TPSA) is 9.23 Å². The van der Waals surface area contributed by atoms with E-state index in [9.17, 15) is 0 Å². The third kappa shape index (κ3) is 2.95. The van der Waals surface area contributed by atoms with E-state index in [4.69, 9.17) is 4.43 Å². The van der Waals surface area contributed by atoms with Crippen LogP contribution < -0.4 is 5.19 Å². The van der Waals surface area contributed by atoms with Gasteiger partial charge in [-0.15, -0.1) is 0 Å². The summed E-state index contributed by atoms with van der Waals surface area (Å²) in [6.45, 7) is 6.31. The molecule has 24 heavy (non-hydrogen) atoms. The molecule has 0 saturated carbocycles. The molecule has 0 bridgehead atoms. The second kappa shape index (κ2) is 5.73. The van der Waals surface area contributed by atoms with Crippen LogP contribution >= 0.6 is 0 Å². The van der Waals surface area contributed by atoms with E-state index < -0.39 is 0 Å². The maximum Gasteiger partial charge on any atom is 0.270 e. The van der Waals surface area contributed by atoms with Gasteiger partial charge in [0.05, 0.1) is 0 Å². The van der Waals surface area contributed by atoms with Crippen molar-refractivity contribution in [2.45, 2.75) is 26.4 Å². The first-order valence-corrected chi connectivity index (χ1v) is 9.20. The Morgan fingerprint density at radius 3 is 1.92 bits per heavy atom. The summed E-state index contributed by atoms with van der Waals surface area (Å²) < 4.78 is 6.03. The van der Waals surface area contributed by atoms with Crippen molar-refractivity contribution in [3.8, 4) is 0 Å². The third-order valence-corrected chi connectivity index (χ3v) is 5.54. The molecule has 0 N–H and O–H groups in total. The average Bonchev–Trinajstić information content (AvgIpc) is 2.55. The zero-order chi connectivity index (χ0) is 16.7. The molecule has 0 aliphatic heterocycles. The van der Waals surface area contributed by atoms with E-state index in [0.717, 1.165) is 0 Å². The van der Waals surface area contributed by atoms with Gasteiger partial charge in [-0.1, -0.05) is 42.5 Å². The summed E-state index contributed by atoms with van der Waals surface area (Å²) in [5.41, 5.74) is -0.117. The molecule has 0 spiro atoms. The highest BCUT2D eigenvalue weighted by molar-refractivity contribution is 6.51. The Labute approximate surface area is 145 Å². The molecule has 2 radical (unpaired) electrons. The third-order valence-electron chi connectivity index (χ3n) is 4.17. The van der Waals surface area contributed by atoms with Crippen LogP contribution in [0, 0.1) is 0 Å². The van der Waals surface area contributed by atoms with Crippen LogP contribution in [0.25, 0.3) is 32.3 Å². The summed E-state index contributed by atoms with van der Waals surface area (Å²) >= 11 is 0. The van der Waals surface area contributed by atoms with Crippen molar-refractivity contribution in [2.24, 2.45) is 0 Å². The van der Waals surface area contributed by atoms with Gasteiger partial charge in [-0.05, 0) is 82.5 Å². The van der Waals surface area contributed by atoms with Gasteiger partial charge in [-0.25, -0.2) is 0 Å². The van der Waals surface area contributed by atoms with Crippen molar-refractivity contribution in [1.82, 2.24) is 0 Å². The Morgan fingerprint density at radius 2 is 1.25 bits per heavy atom. The molecule has 4 rings (SSSR count). The zero-order valence-corrected chi connectivity index (χ0v) is 15.3. The molecule has 1 nitrogen and oxygen atoms in total. The summed E-state index contributed by atoms with van der Waals surface area (Å²) in [6, 6.07) is 24.2. The van der Waals surface area contributed by atoms with Crippen LogP contribution in [-0.2, 0) is 4.43 Å². The SMILES string of the molecule is CC(C)(C)O[Si]c1cccc2cc3cc4ccccc4cc3cc12. The molecule has 4 aromatic rings. The lowest BCUT2D eigenvalue weighted by Crippen LogP contribution is -2.28. The van der Waals surface area contributed by atoms with E-state index in [1.54, 1.807) is 0 Å². The maximum atomic E-state index is 6.03. The second-order valence-corrected chi connectivity index (χ2v) is 8.19. The molecule has 0 aliphatic carbocycles. The molecule has 0 aliphatic rings. The molecular weight excluding hydrogens is 308 g/mol. The first-order chi connectivity index (χ1) is 11.5. The van der Waals surface area contributed by atoms with E-state index in [-0.39, 0.29) is 5.60 Å². The highest BCUT2D eigenvalue weighted by Gasteiger charge is 2.13. The van der Waals surface area contributed by atoms with Gasteiger partial charge in [0.15, 0.2) is 0 Å². The van der Waals surface area contributed by atoms with Crippen LogP contribution in [-0.4, -0.2) is 15.4 Å². The van der Waals surface area contributed by atoms with E-state index in [2.05, 4.69) is 87.5 Å². The van der Waals surface area contributed by atoms with Gasteiger partial charge < -0.3 is 4.43 Å². The van der Waals surface area contributed by atoms with Crippen molar-refractivity contribution in [3.63, 3.8) is 0 Å². The van der Waals surface area contributed by atoms with Gasteiger partial charge in [0.1, 0.15) is 0 Å². The van der Waals surface area contributed by atoms with Crippen molar-refractivity contribution in [3.05, 3.63) is 66.7 Å². The highest BCUT2D eigenvalue weighted by Crippen LogP contribution is 2.26. The lowest BCUT2D eigenvalue weighted by atomic mass is 10.00. The first-order valence-electron chi connectivity index (χ1n) is 8.29. The fourth-order valence-electron chi connectivity index (χ4n) is 3.02. The van der Waals surface area contributed by atoms with Crippen molar-refractivity contribution in [1.29, 1.82) is 0 Å². The summed E-state index contributed by atoms with van der Waals surface area (Å²) in [5.74, 6) is 0. The Balaban J connectivity index is 1.90. The van der Waals surface area contributed by atoms with Crippen molar-refractivity contribution < 1.29 is 4.43 Å². The summed E-state index contributed by atoms with van der Waals surface area (Å²) in [4.78, 5) is 0. The zero-order valence-electron chi connectivity index (χ0n) is 14.3. The van der Waals surface area contributed by atoms with E-state index >= 15 is 0 Å². The van der Waals surface area contributed by atoms with E-state index in [1.807, 2.05) is 0 Å². The molecule has 118 valence electrons. The minimum Gasteiger partial charge on any atom is -0.407 e. The lowest BCUT2D eigenvalue weighted by Gasteiger charge is -2.19. The standard InChI is InChI=1S/C22H20OSi/c1-22(2,3)23-24-21-10-6-9-17-13-18-11-15-7-4-5-8-16(15)12-19(18)14-20(17)21/h4-14H,1-3H3. The smallest absolute Gasteiger partial charge is 0.270 e. The number of hydrogen-bond donors (Lipinski definition) is 0. The van der Waals surface area contributed by atoms with Crippen LogP contribution in [0.5, 0.6) is 0 Å². The Morgan fingerprint density at radius 1 is 0.667 bits per heavy atom. The molecule has 0 amide bonds. The summed E-state index contributed by atoms with van der Waals surface area (Å²) in [5, 5.41) is 9.00. The summed E-state index contributed by atoms with van der Waals surface area (Å²) in [6.07, 6.45) is 0. The van der Waals surface area contributed by atoms with Crippen LogP contribution in [0.4, 0.5) is 0 Å². The van der Waals surface area contributed by atoms with E-state index in [0.29, 0.717) is 9.76 Å². The second-order valence-electron chi connectivity index (χ2n) is 7.24. The molecule has 0 unspecified atom stereocenters. The Hall–Kier alpha value is -2.16. The Bertz CT molecular complexity index is 1040. The molecule has 0 saturated heterocycles. The van der Waals surface area contributed by atoms with Gasteiger partial charge in [0, 0.05) is 5.60 Å². The fourth-order valence-corrected chi connectivity index (χ4v) is 3.92. The molecule has 0 fully saturated rings. The first kappa shape index (κ1) is 15.4. The number of hydrogen-bond acceptors (Lipinski definition) is 1. The van der Waals surface area contributed by atoms with Crippen LogP contribution in [0.3, 0.4) is 0 Å². The molecule has 0 atom stereocenters. The number of benzene rings is 4. The predicted molar refractivity (Wildman–Crippen MR) is 105 cm³/mol. The monoisotopic (exact) mass is 328 g/mol. The molecular formula is C22H20OSi. The van der Waals surface area contributed by atoms with E-state index in [1.165, 1.54) is 37.5 Å². The predicted octanol–water partition coefficient (Wildman–Crippen LogP) is 5.21. The normalized spacial score (nSPS) is 12.3. The largest absolute Gasteiger partial charge is 0.407 e. The molecule has 0 heterocycles. The van der Waals surface area contributed by atoms with Gasteiger partial charge in [-0.2, -0.15) is 0 Å². The maximum absolute atomic E-state index is 6.03. The van der Waals surface area contributed by atoms with Crippen LogP contribution in [0.15, 0.2) is 66.7 Å². The quantitative estimate of drug-likeness (QED) is 0.363. The fraction of sp³-hybridized carbons (Fsp3) is 0.182. The highest BCUT2D eigenvalue weighted by atomic mass is 28.2. The van der Waals surface area contributed by atoms with Crippen LogP contribution in [0.2, 0.25) is 0 Å². The Kier molecular flexibility index (Phi) is 3.67. The minimum atomic E-state index is -0.117.